The Hall–Kier alpha value is -0.910. The molecule has 2 atom stereocenters. The highest BCUT2D eigenvalue weighted by Crippen LogP contribution is 2.25. The zero-order valence-corrected chi connectivity index (χ0v) is 12.5. The van der Waals surface area contributed by atoms with Crippen LogP contribution in [0, 0.1) is 5.92 Å². The average molecular weight is 303 g/mol. The van der Waals surface area contributed by atoms with Crippen molar-refractivity contribution in [3.05, 3.63) is 21.9 Å². The monoisotopic (exact) mass is 302 g/mol. The van der Waals surface area contributed by atoms with Gasteiger partial charge in [-0.15, -0.1) is 23.7 Å². The molecule has 0 bridgehead atoms. The fourth-order valence-corrected chi connectivity index (χ4v) is 3.24. The molecule has 4 nitrogen and oxygen atoms in total. The van der Waals surface area contributed by atoms with Gasteiger partial charge in [0.25, 0.3) is 5.91 Å². The Morgan fingerprint density at radius 3 is 2.79 bits per heavy atom. The molecule has 1 aromatic heterocycles. The first kappa shape index (κ1) is 16.1. The molecule has 3 N–H and O–H groups in total. The van der Waals surface area contributed by atoms with E-state index in [0.717, 1.165) is 19.3 Å². The lowest BCUT2D eigenvalue weighted by Crippen LogP contribution is -2.39. The molecule has 1 fully saturated rings. The molecule has 19 heavy (non-hydrogen) atoms. The summed E-state index contributed by atoms with van der Waals surface area (Å²) >= 11 is 1.31. The first-order valence-electron chi connectivity index (χ1n) is 6.22. The summed E-state index contributed by atoms with van der Waals surface area (Å²) in [6.07, 6.45) is 3.21. The van der Waals surface area contributed by atoms with Crippen LogP contribution in [0.5, 0.6) is 0 Å². The summed E-state index contributed by atoms with van der Waals surface area (Å²) in [5.74, 6) is 0.296. The number of nitrogens with two attached hydrogens (primary N) is 1. The van der Waals surface area contributed by atoms with E-state index in [9.17, 15) is 9.59 Å². The van der Waals surface area contributed by atoms with E-state index in [1.54, 1.807) is 11.4 Å². The molecule has 0 aliphatic heterocycles. The molecule has 1 heterocycles. The molecule has 2 rings (SSSR count). The number of rotatable bonds is 4. The lowest BCUT2D eigenvalue weighted by Gasteiger charge is -2.18. The Balaban J connectivity index is 0.00000180. The summed E-state index contributed by atoms with van der Waals surface area (Å²) in [6.45, 7) is 2.12. The Bertz CT molecular complexity index is 461. The van der Waals surface area contributed by atoms with Crippen LogP contribution in [0.4, 0.5) is 0 Å². The summed E-state index contributed by atoms with van der Waals surface area (Å²) in [7, 11) is 0. The summed E-state index contributed by atoms with van der Waals surface area (Å²) < 4.78 is 0. The third-order valence-corrected chi connectivity index (χ3v) is 4.44. The fraction of sp³-hybridized carbons (Fsp3) is 0.538. The highest BCUT2D eigenvalue weighted by molar-refractivity contribution is 7.12. The maximum atomic E-state index is 12.0. The molecule has 0 spiro atoms. The molecular weight excluding hydrogens is 284 g/mol. The number of thiophene rings is 1. The lowest BCUT2D eigenvalue weighted by molar-refractivity contribution is 0.0933. The molecule has 1 saturated carbocycles. The van der Waals surface area contributed by atoms with Crippen LogP contribution in [0.3, 0.4) is 0 Å². The first-order chi connectivity index (χ1) is 8.61. The van der Waals surface area contributed by atoms with E-state index in [1.807, 2.05) is 0 Å². The molecule has 1 aliphatic rings. The van der Waals surface area contributed by atoms with Gasteiger partial charge in [0.2, 0.25) is 0 Å². The second-order valence-corrected chi connectivity index (χ2v) is 5.67. The number of hydrogen-bond acceptors (Lipinski definition) is 4. The summed E-state index contributed by atoms with van der Waals surface area (Å²) in [6, 6.07) is 1.85. The highest BCUT2D eigenvalue weighted by atomic mass is 35.5. The third kappa shape index (κ3) is 3.78. The Morgan fingerprint density at radius 1 is 1.47 bits per heavy atom. The number of carbonyl (C=O) groups is 2. The van der Waals surface area contributed by atoms with Crippen LogP contribution in [0.15, 0.2) is 11.4 Å². The number of amides is 1. The minimum absolute atomic E-state index is 0. The molecule has 2 unspecified atom stereocenters. The molecule has 0 aromatic carbocycles. The van der Waals surface area contributed by atoms with E-state index in [-0.39, 0.29) is 30.1 Å². The SMILES string of the molecule is CC(=O)c1csc(C(=O)NC2CCCC2CN)c1.Cl. The molecule has 0 saturated heterocycles. The molecule has 1 aliphatic carbocycles. The number of nitrogens with one attached hydrogen (secondary N) is 1. The summed E-state index contributed by atoms with van der Waals surface area (Å²) in [5.41, 5.74) is 6.29. The predicted molar refractivity (Wildman–Crippen MR) is 79.2 cm³/mol. The lowest BCUT2D eigenvalue weighted by atomic mass is 10.0. The van der Waals surface area contributed by atoms with Gasteiger partial charge in [0.05, 0.1) is 4.88 Å². The van der Waals surface area contributed by atoms with Gasteiger partial charge in [0.1, 0.15) is 0 Å². The Kier molecular flexibility index (Phi) is 5.97. The highest BCUT2D eigenvalue weighted by Gasteiger charge is 2.27. The average Bonchev–Trinajstić information content (AvgIpc) is 2.96. The van der Waals surface area contributed by atoms with E-state index < -0.39 is 0 Å². The molecular formula is C13H19ClN2O2S. The molecule has 0 radical (unpaired) electrons. The van der Waals surface area contributed by atoms with Gasteiger partial charge < -0.3 is 11.1 Å². The van der Waals surface area contributed by atoms with Gasteiger partial charge in [-0.3, -0.25) is 9.59 Å². The summed E-state index contributed by atoms with van der Waals surface area (Å²) in [4.78, 5) is 23.8. The van der Waals surface area contributed by atoms with Gasteiger partial charge in [-0.1, -0.05) is 6.42 Å². The van der Waals surface area contributed by atoms with Gasteiger partial charge in [0.15, 0.2) is 5.78 Å². The van der Waals surface area contributed by atoms with Gasteiger partial charge in [-0.25, -0.2) is 0 Å². The second-order valence-electron chi connectivity index (χ2n) is 4.76. The Morgan fingerprint density at radius 2 is 2.21 bits per heavy atom. The van der Waals surface area contributed by atoms with Crippen molar-refractivity contribution in [3.63, 3.8) is 0 Å². The van der Waals surface area contributed by atoms with Crippen molar-refractivity contribution in [2.24, 2.45) is 11.7 Å². The normalized spacial score (nSPS) is 21.8. The van der Waals surface area contributed by atoms with Crippen LogP contribution in [-0.2, 0) is 0 Å². The maximum Gasteiger partial charge on any atom is 0.261 e. The van der Waals surface area contributed by atoms with Crippen LogP contribution in [0.25, 0.3) is 0 Å². The van der Waals surface area contributed by atoms with Crippen LogP contribution in [-0.4, -0.2) is 24.3 Å². The van der Waals surface area contributed by atoms with Crippen LogP contribution >= 0.6 is 23.7 Å². The van der Waals surface area contributed by atoms with Crippen molar-refractivity contribution < 1.29 is 9.59 Å². The van der Waals surface area contributed by atoms with Crippen molar-refractivity contribution in [2.45, 2.75) is 32.2 Å². The second kappa shape index (κ2) is 7.03. The van der Waals surface area contributed by atoms with Crippen molar-refractivity contribution in [2.75, 3.05) is 6.54 Å². The number of hydrogen-bond donors (Lipinski definition) is 2. The van der Waals surface area contributed by atoms with Crippen molar-refractivity contribution >= 4 is 35.4 Å². The van der Waals surface area contributed by atoms with E-state index in [0.29, 0.717) is 22.9 Å². The van der Waals surface area contributed by atoms with E-state index in [2.05, 4.69) is 5.32 Å². The van der Waals surface area contributed by atoms with Crippen LogP contribution in [0.1, 0.15) is 46.2 Å². The van der Waals surface area contributed by atoms with Gasteiger partial charge in [-0.05, 0) is 38.3 Å². The largest absolute Gasteiger partial charge is 0.348 e. The molecule has 106 valence electrons. The Labute approximate surface area is 123 Å². The number of ketones is 1. The van der Waals surface area contributed by atoms with Gasteiger partial charge in [0, 0.05) is 17.0 Å². The number of Topliss-reactive ketones (excluding diaryl/α,β-unsaturated/α-hetero) is 1. The minimum atomic E-state index is -0.0853. The first-order valence-corrected chi connectivity index (χ1v) is 7.10. The smallest absolute Gasteiger partial charge is 0.261 e. The van der Waals surface area contributed by atoms with Crippen LogP contribution in [0.2, 0.25) is 0 Å². The minimum Gasteiger partial charge on any atom is -0.348 e. The van der Waals surface area contributed by atoms with Gasteiger partial charge >= 0.3 is 0 Å². The zero-order chi connectivity index (χ0) is 13.1. The van der Waals surface area contributed by atoms with E-state index >= 15 is 0 Å². The standard InChI is InChI=1S/C13H18N2O2S.ClH/c1-8(16)10-5-12(18-7-10)13(17)15-11-4-2-3-9(11)6-14;/h5,7,9,11H,2-4,6,14H2,1H3,(H,15,17);1H. The number of halogens is 1. The summed E-state index contributed by atoms with van der Waals surface area (Å²) in [5, 5.41) is 4.76. The predicted octanol–water partition coefficient (Wildman–Crippen LogP) is 2.23. The molecule has 1 aromatic rings. The van der Waals surface area contributed by atoms with Crippen molar-refractivity contribution in [1.29, 1.82) is 0 Å². The van der Waals surface area contributed by atoms with Crippen molar-refractivity contribution in [1.82, 2.24) is 5.32 Å². The topological polar surface area (TPSA) is 72.2 Å². The van der Waals surface area contributed by atoms with Gasteiger partial charge in [-0.2, -0.15) is 0 Å². The number of carbonyl (C=O) groups excluding carboxylic acids is 2. The maximum absolute atomic E-state index is 12.0. The third-order valence-electron chi connectivity index (χ3n) is 3.51. The van der Waals surface area contributed by atoms with Crippen LogP contribution < -0.4 is 11.1 Å². The molecule has 6 heteroatoms. The van der Waals surface area contributed by atoms with E-state index in [1.165, 1.54) is 18.3 Å². The quantitative estimate of drug-likeness (QED) is 0.838. The molecule has 1 amide bonds. The zero-order valence-electron chi connectivity index (χ0n) is 10.8. The van der Waals surface area contributed by atoms with Crippen molar-refractivity contribution in [3.8, 4) is 0 Å². The van der Waals surface area contributed by atoms with E-state index in [4.69, 9.17) is 5.73 Å². The fourth-order valence-electron chi connectivity index (χ4n) is 2.39.